The van der Waals surface area contributed by atoms with E-state index in [2.05, 4.69) is 15.5 Å². The van der Waals surface area contributed by atoms with Crippen LogP contribution in [0.1, 0.15) is 48.9 Å². The molecule has 5 rings (SSSR count). The molecule has 2 heterocycles. The number of alkyl halides is 2. The molecular formula is C22H19F3N4O. The van der Waals surface area contributed by atoms with Gasteiger partial charge in [-0.05, 0) is 37.5 Å². The lowest BCUT2D eigenvalue weighted by Gasteiger charge is -2.18. The summed E-state index contributed by atoms with van der Waals surface area (Å²) in [7, 11) is 1.76. The van der Waals surface area contributed by atoms with E-state index in [1.54, 1.807) is 25.1 Å². The third-order valence-electron chi connectivity index (χ3n) is 6.23. The SMILES string of the molecule is CC(Nc1nncc2cc3c(cc12)N(C)C(=O)C31CC1)c1cccc(C(F)F)c1F. The molecule has 2 aliphatic rings. The fraction of sp³-hybridized carbons (Fsp3) is 0.318. The zero-order valence-electron chi connectivity index (χ0n) is 16.4. The molecule has 0 bridgehead atoms. The second kappa shape index (κ2) is 6.42. The van der Waals surface area contributed by atoms with Crippen molar-refractivity contribution >= 4 is 28.2 Å². The van der Waals surface area contributed by atoms with E-state index in [1.807, 2.05) is 12.1 Å². The van der Waals surface area contributed by atoms with Crippen LogP contribution in [0.3, 0.4) is 0 Å². The number of aromatic nitrogens is 2. The number of rotatable bonds is 4. The van der Waals surface area contributed by atoms with E-state index in [4.69, 9.17) is 0 Å². The van der Waals surface area contributed by atoms with Gasteiger partial charge in [-0.2, -0.15) is 5.10 Å². The summed E-state index contributed by atoms with van der Waals surface area (Å²) >= 11 is 0. The molecule has 1 unspecified atom stereocenters. The lowest BCUT2D eigenvalue weighted by molar-refractivity contribution is -0.119. The predicted octanol–water partition coefficient (Wildman–Crippen LogP) is 4.89. The van der Waals surface area contributed by atoms with Gasteiger partial charge in [0.05, 0.1) is 23.2 Å². The summed E-state index contributed by atoms with van der Waals surface area (Å²) in [5.74, 6) is -0.424. The summed E-state index contributed by atoms with van der Waals surface area (Å²) in [5.41, 5.74) is 0.931. The summed E-state index contributed by atoms with van der Waals surface area (Å²) < 4.78 is 40.7. The number of halogens is 3. The molecule has 30 heavy (non-hydrogen) atoms. The first kappa shape index (κ1) is 18.8. The van der Waals surface area contributed by atoms with Crippen LogP contribution in [0.2, 0.25) is 0 Å². The van der Waals surface area contributed by atoms with Crippen LogP contribution in [0.15, 0.2) is 36.5 Å². The molecule has 1 aromatic heterocycles. The number of fused-ring (bicyclic) bond motifs is 3. The first-order valence-electron chi connectivity index (χ1n) is 9.74. The fourth-order valence-corrected chi connectivity index (χ4v) is 4.40. The van der Waals surface area contributed by atoms with Crippen LogP contribution in [0.4, 0.5) is 24.7 Å². The van der Waals surface area contributed by atoms with Crippen LogP contribution < -0.4 is 10.2 Å². The first-order valence-corrected chi connectivity index (χ1v) is 9.74. The Labute approximate surface area is 170 Å². The van der Waals surface area contributed by atoms with E-state index >= 15 is 0 Å². The van der Waals surface area contributed by atoms with Gasteiger partial charge in [0.15, 0.2) is 5.82 Å². The Morgan fingerprint density at radius 1 is 1.20 bits per heavy atom. The van der Waals surface area contributed by atoms with Crippen molar-refractivity contribution in [3.05, 3.63) is 59.0 Å². The van der Waals surface area contributed by atoms with Crippen molar-refractivity contribution in [1.82, 2.24) is 10.2 Å². The number of carbonyl (C=O) groups is 1. The van der Waals surface area contributed by atoms with Crippen LogP contribution in [0.25, 0.3) is 10.8 Å². The van der Waals surface area contributed by atoms with Crippen LogP contribution in [0.5, 0.6) is 0 Å². The molecule has 8 heteroatoms. The second-order valence-electron chi connectivity index (χ2n) is 8.01. The van der Waals surface area contributed by atoms with Crippen molar-refractivity contribution in [2.75, 3.05) is 17.3 Å². The molecule has 1 saturated carbocycles. The third kappa shape index (κ3) is 2.59. The van der Waals surface area contributed by atoms with Gasteiger partial charge in [-0.15, -0.1) is 5.10 Å². The number of hydrogen-bond acceptors (Lipinski definition) is 4. The topological polar surface area (TPSA) is 58.1 Å². The highest BCUT2D eigenvalue weighted by molar-refractivity contribution is 6.12. The lowest BCUT2D eigenvalue weighted by atomic mass is 9.95. The second-order valence-corrected chi connectivity index (χ2v) is 8.01. The maximum absolute atomic E-state index is 14.6. The van der Waals surface area contributed by atoms with Crippen molar-refractivity contribution in [3.63, 3.8) is 0 Å². The molecule has 3 aromatic rings. The van der Waals surface area contributed by atoms with Gasteiger partial charge in [0, 0.05) is 29.1 Å². The molecular weight excluding hydrogens is 393 g/mol. The highest BCUT2D eigenvalue weighted by Crippen LogP contribution is 2.57. The smallest absolute Gasteiger partial charge is 0.266 e. The molecule has 1 aliphatic carbocycles. The van der Waals surface area contributed by atoms with E-state index < -0.39 is 29.3 Å². The molecule has 1 aliphatic heterocycles. The molecule has 1 N–H and O–H groups in total. The Morgan fingerprint density at radius 3 is 2.63 bits per heavy atom. The average molecular weight is 412 g/mol. The van der Waals surface area contributed by atoms with Crippen LogP contribution in [-0.4, -0.2) is 23.2 Å². The van der Waals surface area contributed by atoms with Crippen LogP contribution >= 0.6 is 0 Å². The monoisotopic (exact) mass is 412 g/mol. The van der Waals surface area contributed by atoms with Gasteiger partial charge < -0.3 is 10.2 Å². The average Bonchev–Trinajstić information content (AvgIpc) is 3.50. The number of carbonyl (C=O) groups excluding carboxylic acids is 1. The predicted molar refractivity (Wildman–Crippen MR) is 107 cm³/mol. The lowest BCUT2D eigenvalue weighted by Crippen LogP contribution is -2.27. The molecule has 1 atom stereocenters. The third-order valence-corrected chi connectivity index (χ3v) is 6.23. The van der Waals surface area contributed by atoms with E-state index in [9.17, 15) is 18.0 Å². The Bertz CT molecular complexity index is 1190. The molecule has 2 aromatic carbocycles. The molecule has 1 spiro atoms. The van der Waals surface area contributed by atoms with Crippen molar-refractivity contribution in [3.8, 4) is 0 Å². The van der Waals surface area contributed by atoms with Gasteiger partial charge in [0.25, 0.3) is 6.43 Å². The standard InChI is InChI=1S/C22H19F3N4O/c1-11(13-4-3-5-14(18(13)23)19(24)25)27-20-15-9-17-16(8-12(15)10-26-28-20)22(6-7-22)21(30)29(17)2/h3-5,8-11,19H,6-7H2,1-2H3,(H,27,28). The maximum Gasteiger partial charge on any atom is 0.266 e. The Balaban J connectivity index is 1.55. The number of amides is 1. The van der Waals surface area contributed by atoms with Gasteiger partial charge in [-0.1, -0.05) is 18.2 Å². The van der Waals surface area contributed by atoms with Crippen molar-refractivity contribution in [2.24, 2.45) is 0 Å². The Morgan fingerprint density at radius 2 is 1.93 bits per heavy atom. The van der Waals surface area contributed by atoms with E-state index in [-0.39, 0.29) is 11.5 Å². The Kier molecular flexibility index (Phi) is 4.03. The minimum atomic E-state index is -2.89. The minimum absolute atomic E-state index is 0.0995. The molecule has 5 nitrogen and oxygen atoms in total. The number of nitrogens with zero attached hydrogens (tertiary/aromatic N) is 3. The number of likely N-dealkylation sites (N-methyl/N-ethyl adjacent to an activating group) is 1. The number of nitrogens with one attached hydrogen (secondary N) is 1. The van der Waals surface area contributed by atoms with Gasteiger partial charge in [0.2, 0.25) is 5.91 Å². The van der Waals surface area contributed by atoms with Crippen molar-refractivity contribution < 1.29 is 18.0 Å². The number of anilines is 2. The first-order chi connectivity index (χ1) is 14.3. The van der Waals surface area contributed by atoms with Crippen molar-refractivity contribution in [2.45, 2.75) is 37.6 Å². The van der Waals surface area contributed by atoms with Crippen LogP contribution in [-0.2, 0) is 10.2 Å². The summed E-state index contributed by atoms with van der Waals surface area (Å²) in [6.45, 7) is 1.68. The summed E-state index contributed by atoms with van der Waals surface area (Å²) in [6.07, 6.45) is 0.423. The summed E-state index contributed by atoms with van der Waals surface area (Å²) in [4.78, 5) is 14.3. The molecule has 1 amide bonds. The molecule has 0 saturated heterocycles. The van der Waals surface area contributed by atoms with Gasteiger partial charge >= 0.3 is 0 Å². The normalized spacial score (nSPS) is 17.7. The van der Waals surface area contributed by atoms with Gasteiger partial charge in [0.1, 0.15) is 5.82 Å². The maximum atomic E-state index is 14.6. The van der Waals surface area contributed by atoms with E-state index in [0.717, 1.165) is 40.9 Å². The molecule has 154 valence electrons. The molecule has 0 radical (unpaired) electrons. The molecule has 1 fully saturated rings. The van der Waals surface area contributed by atoms with Gasteiger partial charge in [-0.3, -0.25) is 4.79 Å². The number of hydrogen-bond donors (Lipinski definition) is 1. The summed E-state index contributed by atoms with van der Waals surface area (Å²) in [5, 5.41) is 12.8. The zero-order valence-corrected chi connectivity index (χ0v) is 16.4. The zero-order chi connectivity index (χ0) is 21.2. The van der Waals surface area contributed by atoms with Gasteiger partial charge in [-0.25, -0.2) is 13.2 Å². The highest BCUT2D eigenvalue weighted by atomic mass is 19.3. The fourth-order valence-electron chi connectivity index (χ4n) is 4.40. The summed E-state index contributed by atoms with van der Waals surface area (Å²) in [6, 6.07) is 7.21. The Hall–Kier alpha value is -3.16. The van der Waals surface area contributed by atoms with E-state index in [1.165, 1.54) is 12.1 Å². The van der Waals surface area contributed by atoms with Crippen molar-refractivity contribution in [1.29, 1.82) is 0 Å². The largest absolute Gasteiger partial charge is 0.361 e. The minimum Gasteiger partial charge on any atom is -0.361 e. The van der Waals surface area contributed by atoms with Crippen LogP contribution in [0, 0.1) is 5.82 Å². The highest BCUT2D eigenvalue weighted by Gasteiger charge is 2.58. The quantitative estimate of drug-likeness (QED) is 0.663. The van der Waals surface area contributed by atoms with E-state index in [0.29, 0.717) is 5.82 Å². The number of benzene rings is 2.